The molecule has 1 N–H and O–H groups in total. The van der Waals surface area contributed by atoms with Crippen LogP contribution in [0.1, 0.15) is 12.8 Å². The van der Waals surface area contributed by atoms with E-state index in [-0.39, 0.29) is 40.7 Å². The van der Waals surface area contributed by atoms with Crippen LogP contribution in [0.15, 0.2) is 41.0 Å². The van der Waals surface area contributed by atoms with Gasteiger partial charge in [-0.05, 0) is 31.0 Å². The maximum atomic E-state index is 15.1. The normalized spacial score (nSPS) is 17.2. The van der Waals surface area contributed by atoms with Crippen molar-refractivity contribution in [2.75, 3.05) is 43.8 Å². The fourth-order valence-electron chi connectivity index (χ4n) is 4.05. The first-order chi connectivity index (χ1) is 16.9. The molecule has 0 spiro atoms. The van der Waals surface area contributed by atoms with Crippen molar-refractivity contribution in [2.45, 2.75) is 12.8 Å². The van der Waals surface area contributed by atoms with Gasteiger partial charge < -0.3 is 10.1 Å². The molecule has 1 aromatic heterocycles. The second kappa shape index (κ2) is 10.2. The number of sulfonamides is 1. The Morgan fingerprint density at radius 3 is 2.64 bits per heavy atom. The summed E-state index contributed by atoms with van der Waals surface area (Å²) in [5, 5.41) is 3.08. The van der Waals surface area contributed by atoms with E-state index in [2.05, 4.69) is 19.6 Å². The SMILES string of the molecule is CS(=O)(=O)N1CCC[C@@H](COc2cc(F)ccc2Nc2ncnc3cc(N=S(C)(C)=O)cc(F)c23)C1. The fourth-order valence-corrected chi connectivity index (χ4v) is 5.60. The Balaban J connectivity index is 1.60. The molecular formula is C23H27F2N5O4S2. The molecule has 1 atom stereocenters. The van der Waals surface area contributed by atoms with Gasteiger partial charge in [-0.3, -0.25) is 0 Å². The van der Waals surface area contributed by atoms with E-state index in [1.54, 1.807) is 0 Å². The number of halogens is 2. The van der Waals surface area contributed by atoms with Crippen LogP contribution in [-0.4, -0.2) is 65.4 Å². The molecule has 0 amide bonds. The van der Waals surface area contributed by atoms with Crippen LogP contribution in [0.2, 0.25) is 0 Å². The Labute approximate surface area is 209 Å². The lowest BCUT2D eigenvalue weighted by atomic mass is 10.0. The number of nitrogens with one attached hydrogen (secondary N) is 1. The highest BCUT2D eigenvalue weighted by Gasteiger charge is 2.26. The van der Waals surface area contributed by atoms with Gasteiger partial charge in [0.05, 0.1) is 35.1 Å². The Kier molecular flexibility index (Phi) is 7.43. The van der Waals surface area contributed by atoms with Crippen molar-refractivity contribution in [1.82, 2.24) is 14.3 Å². The summed E-state index contributed by atoms with van der Waals surface area (Å²) in [5.74, 6) is -0.927. The summed E-state index contributed by atoms with van der Waals surface area (Å²) in [7, 11) is -5.80. The summed E-state index contributed by atoms with van der Waals surface area (Å²) in [6, 6.07) is 6.55. The monoisotopic (exact) mass is 539 g/mol. The molecule has 36 heavy (non-hydrogen) atoms. The van der Waals surface area contributed by atoms with Gasteiger partial charge in [-0.1, -0.05) is 0 Å². The number of nitrogens with zero attached hydrogens (tertiary/aromatic N) is 4. The maximum Gasteiger partial charge on any atom is 0.211 e. The van der Waals surface area contributed by atoms with E-state index in [9.17, 15) is 17.0 Å². The highest BCUT2D eigenvalue weighted by Crippen LogP contribution is 2.34. The van der Waals surface area contributed by atoms with Crippen LogP contribution in [0.5, 0.6) is 5.75 Å². The molecule has 0 saturated carbocycles. The van der Waals surface area contributed by atoms with Crippen LogP contribution in [0, 0.1) is 17.6 Å². The Hall–Kier alpha value is -2.90. The number of aromatic nitrogens is 2. The molecule has 1 fully saturated rings. The number of benzene rings is 2. The van der Waals surface area contributed by atoms with E-state index in [0.29, 0.717) is 25.2 Å². The quantitative estimate of drug-likeness (QED) is 0.482. The number of anilines is 2. The minimum Gasteiger partial charge on any atom is -0.491 e. The topological polar surface area (TPSA) is 114 Å². The minimum atomic E-state index is -3.30. The largest absolute Gasteiger partial charge is 0.491 e. The number of fused-ring (bicyclic) bond motifs is 1. The molecule has 2 heterocycles. The van der Waals surface area contributed by atoms with Gasteiger partial charge in [-0.15, -0.1) is 0 Å². The summed E-state index contributed by atoms with van der Waals surface area (Å²) >= 11 is 0. The average Bonchev–Trinajstić information content (AvgIpc) is 2.77. The summed E-state index contributed by atoms with van der Waals surface area (Å²) in [5.41, 5.74) is 0.800. The lowest BCUT2D eigenvalue weighted by molar-refractivity contribution is 0.181. The van der Waals surface area contributed by atoms with Gasteiger partial charge in [0.2, 0.25) is 10.0 Å². The third-order valence-electron chi connectivity index (χ3n) is 5.62. The third kappa shape index (κ3) is 6.45. The molecule has 0 bridgehead atoms. The van der Waals surface area contributed by atoms with Gasteiger partial charge in [0, 0.05) is 53.4 Å². The van der Waals surface area contributed by atoms with Crippen LogP contribution in [-0.2, 0) is 19.8 Å². The van der Waals surface area contributed by atoms with Crippen molar-refractivity contribution >= 4 is 47.8 Å². The van der Waals surface area contributed by atoms with Gasteiger partial charge in [-0.25, -0.2) is 35.7 Å². The van der Waals surface area contributed by atoms with E-state index in [4.69, 9.17) is 4.74 Å². The van der Waals surface area contributed by atoms with Crippen molar-refractivity contribution in [3.8, 4) is 5.75 Å². The zero-order valence-electron chi connectivity index (χ0n) is 20.1. The first-order valence-electron chi connectivity index (χ1n) is 11.1. The second-order valence-electron chi connectivity index (χ2n) is 9.02. The highest BCUT2D eigenvalue weighted by molar-refractivity contribution is 7.92. The number of rotatable bonds is 7. The lowest BCUT2D eigenvalue weighted by Gasteiger charge is -2.30. The maximum absolute atomic E-state index is 15.1. The Morgan fingerprint density at radius 2 is 1.92 bits per heavy atom. The van der Waals surface area contributed by atoms with Crippen molar-refractivity contribution in [3.05, 3.63) is 48.3 Å². The van der Waals surface area contributed by atoms with Gasteiger partial charge in [-0.2, -0.15) is 4.36 Å². The molecular weight excluding hydrogens is 512 g/mol. The van der Waals surface area contributed by atoms with Crippen LogP contribution in [0.4, 0.5) is 26.0 Å². The predicted octanol–water partition coefficient (Wildman–Crippen LogP) is 4.06. The third-order valence-corrected chi connectivity index (χ3v) is 7.54. The van der Waals surface area contributed by atoms with Crippen molar-refractivity contribution in [2.24, 2.45) is 10.3 Å². The molecule has 0 unspecified atom stereocenters. The van der Waals surface area contributed by atoms with Crippen LogP contribution in [0.25, 0.3) is 10.9 Å². The molecule has 1 aliphatic rings. The molecule has 1 aliphatic heterocycles. The fraction of sp³-hybridized carbons (Fsp3) is 0.391. The van der Waals surface area contributed by atoms with Crippen LogP contribution in [0.3, 0.4) is 0 Å². The van der Waals surface area contributed by atoms with Crippen LogP contribution >= 0.6 is 0 Å². The lowest BCUT2D eigenvalue weighted by Crippen LogP contribution is -2.40. The van der Waals surface area contributed by atoms with Gasteiger partial charge in [0.1, 0.15) is 29.5 Å². The summed E-state index contributed by atoms with van der Waals surface area (Å²) in [4.78, 5) is 8.25. The van der Waals surface area contributed by atoms with Crippen LogP contribution < -0.4 is 10.1 Å². The molecule has 0 radical (unpaired) electrons. The summed E-state index contributed by atoms with van der Waals surface area (Å²) in [6.07, 6.45) is 6.81. The van der Waals surface area contributed by atoms with Crippen molar-refractivity contribution < 1.29 is 26.1 Å². The van der Waals surface area contributed by atoms with E-state index in [1.807, 2.05) is 0 Å². The first kappa shape index (κ1) is 26.2. The minimum absolute atomic E-state index is 0.0588. The van der Waals surface area contributed by atoms with E-state index >= 15 is 4.39 Å². The Morgan fingerprint density at radius 1 is 1.14 bits per heavy atom. The molecule has 13 heteroatoms. The number of hydrogen-bond donors (Lipinski definition) is 1. The van der Waals surface area contributed by atoms with Gasteiger partial charge >= 0.3 is 0 Å². The van der Waals surface area contributed by atoms with E-state index in [1.165, 1.54) is 53.7 Å². The van der Waals surface area contributed by atoms with E-state index in [0.717, 1.165) is 12.5 Å². The average molecular weight is 540 g/mol. The number of ether oxygens (including phenoxy) is 1. The molecule has 3 aromatic rings. The van der Waals surface area contributed by atoms with Gasteiger partial charge in [0.25, 0.3) is 0 Å². The number of hydrogen-bond acceptors (Lipinski definition) is 8. The van der Waals surface area contributed by atoms with Crippen molar-refractivity contribution in [3.63, 3.8) is 0 Å². The molecule has 1 saturated heterocycles. The Bertz CT molecular complexity index is 1520. The first-order valence-corrected chi connectivity index (χ1v) is 15.3. The molecule has 0 aliphatic carbocycles. The smallest absolute Gasteiger partial charge is 0.211 e. The van der Waals surface area contributed by atoms with Gasteiger partial charge in [0.15, 0.2) is 0 Å². The van der Waals surface area contributed by atoms with E-state index < -0.39 is 31.4 Å². The molecule has 194 valence electrons. The summed E-state index contributed by atoms with van der Waals surface area (Å²) < 4.78 is 76.3. The predicted molar refractivity (Wildman–Crippen MR) is 136 cm³/mol. The molecule has 2 aromatic carbocycles. The summed E-state index contributed by atoms with van der Waals surface area (Å²) in [6.45, 7) is 0.978. The molecule has 4 rings (SSSR count). The second-order valence-corrected chi connectivity index (χ2v) is 13.5. The number of piperidine rings is 1. The van der Waals surface area contributed by atoms with Crippen molar-refractivity contribution in [1.29, 1.82) is 0 Å². The standard InChI is InChI=1S/C23H27F2N5O4S2/c1-35(2,31)29-17-10-18(25)22-20(11-17)26-14-27-23(22)28-19-7-6-16(24)9-21(19)34-13-15-5-4-8-30(12-15)36(3,32)33/h6-7,9-11,14-15H,4-5,8,12-13H2,1-3H3,(H,26,27,28)/t15-/m1/s1. The highest BCUT2D eigenvalue weighted by atomic mass is 32.2. The zero-order chi connectivity index (χ0) is 26.1. The zero-order valence-corrected chi connectivity index (χ0v) is 21.7. The molecule has 9 nitrogen and oxygen atoms in total.